The number of ether oxygens (including phenoxy) is 2. The highest BCUT2D eigenvalue weighted by Crippen LogP contribution is 2.42. The van der Waals surface area contributed by atoms with Gasteiger partial charge in [-0.3, -0.25) is 14.3 Å². The first-order valence-corrected chi connectivity index (χ1v) is 14.8. The predicted octanol–water partition coefficient (Wildman–Crippen LogP) is 6.12. The molecule has 1 fully saturated rings. The number of anilines is 1. The van der Waals surface area contributed by atoms with Crippen molar-refractivity contribution in [1.29, 1.82) is 0 Å². The number of imidazole rings is 1. The number of esters is 1. The van der Waals surface area contributed by atoms with Crippen molar-refractivity contribution in [1.82, 2.24) is 19.4 Å². The van der Waals surface area contributed by atoms with Crippen LogP contribution in [0.25, 0.3) is 27.9 Å². The molecule has 236 valence electrons. The zero-order chi connectivity index (χ0) is 32.7. The molecule has 10 nitrogen and oxygen atoms in total. The third-order valence-corrected chi connectivity index (χ3v) is 7.74. The Morgan fingerprint density at radius 3 is 2.40 bits per heavy atom. The molecule has 2 aromatic heterocycles. The summed E-state index contributed by atoms with van der Waals surface area (Å²) in [5.74, 6) is -1.01. The molecule has 4 aromatic rings. The molecule has 1 unspecified atom stereocenters. The van der Waals surface area contributed by atoms with Crippen LogP contribution >= 0.6 is 11.6 Å². The molecule has 45 heavy (non-hydrogen) atoms. The maximum atomic E-state index is 15.3. The molecule has 0 radical (unpaired) electrons. The normalized spacial score (nSPS) is 16.5. The molecular formula is C33H35ClFN5O5. The minimum atomic E-state index is -0.616. The number of halogens is 2. The predicted molar refractivity (Wildman–Crippen MR) is 171 cm³/mol. The lowest BCUT2D eigenvalue weighted by atomic mass is 9.97. The van der Waals surface area contributed by atoms with E-state index in [0.29, 0.717) is 47.5 Å². The van der Waals surface area contributed by atoms with Crippen molar-refractivity contribution in [3.05, 3.63) is 82.5 Å². The molecule has 2 aromatic carbocycles. The van der Waals surface area contributed by atoms with Crippen LogP contribution in [0.4, 0.5) is 14.9 Å². The van der Waals surface area contributed by atoms with Gasteiger partial charge in [-0.2, -0.15) is 0 Å². The van der Waals surface area contributed by atoms with Crippen LogP contribution in [0.15, 0.2) is 66.0 Å². The topological polar surface area (TPSA) is 108 Å². The number of hydrogen-bond acceptors (Lipinski definition) is 7. The standard InChI is InChI=1S/C33H35ClFN5O5/c1-20(41)44-29-25(21-7-8-28(27(34)14-21)40-12-11-38(6)31(40)43)15-23(35)16-26(29)22-13-24(18-36-17-22)39-10-9-33(5,19-39)37-30(42)45-32(2,3)4/h7-8,11-18H,9-10,19H2,1-6H3,(H,37,42). The Morgan fingerprint density at radius 1 is 1.07 bits per heavy atom. The van der Waals surface area contributed by atoms with Gasteiger partial charge in [0, 0.05) is 62.3 Å². The van der Waals surface area contributed by atoms with E-state index in [2.05, 4.69) is 15.2 Å². The van der Waals surface area contributed by atoms with Gasteiger partial charge in [-0.15, -0.1) is 0 Å². The minimum Gasteiger partial charge on any atom is -0.444 e. The van der Waals surface area contributed by atoms with Crippen LogP contribution in [0, 0.1) is 5.82 Å². The molecule has 1 N–H and O–H groups in total. The van der Waals surface area contributed by atoms with E-state index in [1.807, 2.05) is 33.8 Å². The molecule has 1 aliphatic rings. The summed E-state index contributed by atoms with van der Waals surface area (Å²) in [4.78, 5) is 43.7. The Labute approximate surface area is 265 Å². The first kappa shape index (κ1) is 31.8. The van der Waals surface area contributed by atoms with Crippen LogP contribution in [-0.4, -0.2) is 50.4 Å². The molecule has 12 heteroatoms. The first-order chi connectivity index (χ1) is 21.1. The molecule has 5 rings (SSSR count). The van der Waals surface area contributed by atoms with Crippen LogP contribution in [0.2, 0.25) is 5.02 Å². The van der Waals surface area contributed by atoms with Crippen molar-refractivity contribution >= 4 is 29.4 Å². The molecule has 1 atom stereocenters. The highest BCUT2D eigenvalue weighted by atomic mass is 35.5. The van der Waals surface area contributed by atoms with Gasteiger partial charge in [-0.25, -0.2) is 14.0 Å². The van der Waals surface area contributed by atoms with E-state index in [0.717, 1.165) is 5.69 Å². The molecule has 0 spiro atoms. The van der Waals surface area contributed by atoms with Crippen molar-refractivity contribution in [3.8, 4) is 33.7 Å². The highest BCUT2D eigenvalue weighted by molar-refractivity contribution is 6.32. The lowest BCUT2D eigenvalue weighted by molar-refractivity contribution is -0.131. The number of benzene rings is 2. The summed E-state index contributed by atoms with van der Waals surface area (Å²) in [6.07, 6.45) is 6.67. The number of carbonyl (C=O) groups is 2. The fraction of sp³-hybridized carbons (Fsp3) is 0.333. The largest absolute Gasteiger partial charge is 0.444 e. The van der Waals surface area contributed by atoms with E-state index < -0.39 is 29.0 Å². The summed E-state index contributed by atoms with van der Waals surface area (Å²) in [5.41, 5.74) is 1.41. The second kappa shape index (κ2) is 12.0. The summed E-state index contributed by atoms with van der Waals surface area (Å²) in [5, 5.41) is 3.23. The quantitative estimate of drug-likeness (QED) is 0.201. The average molecular weight is 636 g/mol. The van der Waals surface area contributed by atoms with Crippen molar-refractivity contribution in [2.75, 3.05) is 18.0 Å². The Hall–Kier alpha value is -4.64. The second-order valence-corrected chi connectivity index (χ2v) is 12.8. The Kier molecular flexibility index (Phi) is 8.50. The van der Waals surface area contributed by atoms with Crippen LogP contribution in [0.1, 0.15) is 41.0 Å². The summed E-state index contributed by atoms with van der Waals surface area (Å²) in [6, 6.07) is 9.34. The molecule has 0 aliphatic carbocycles. The van der Waals surface area contributed by atoms with Gasteiger partial charge in [0.1, 0.15) is 17.2 Å². The number of alkyl carbamates (subject to hydrolysis) is 1. The smallest absolute Gasteiger partial charge is 0.408 e. The summed E-state index contributed by atoms with van der Waals surface area (Å²) >= 11 is 6.61. The van der Waals surface area contributed by atoms with E-state index in [9.17, 15) is 14.4 Å². The minimum absolute atomic E-state index is 0.140. The maximum Gasteiger partial charge on any atom is 0.408 e. The number of pyridine rings is 1. The van der Waals surface area contributed by atoms with Gasteiger partial charge < -0.3 is 24.3 Å². The zero-order valence-corrected chi connectivity index (χ0v) is 26.7. The number of nitrogens with zero attached hydrogens (tertiary/aromatic N) is 4. The van der Waals surface area contributed by atoms with Gasteiger partial charge in [0.25, 0.3) is 0 Å². The second-order valence-electron chi connectivity index (χ2n) is 12.4. The number of aromatic nitrogens is 3. The molecule has 0 saturated carbocycles. The number of nitrogens with one attached hydrogen (secondary N) is 1. The van der Waals surface area contributed by atoms with Crippen LogP contribution in [0.5, 0.6) is 5.75 Å². The average Bonchev–Trinajstić information content (AvgIpc) is 3.49. The van der Waals surface area contributed by atoms with Gasteiger partial charge in [-0.1, -0.05) is 17.7 Å². The van der Waals surface area contributed by atoms with E-state index in [1.54, 1.807) is 50.0 Å². The summed E-state index contributed by atoms with van der Waals surface area (Å²) < 4.78 is 29.2. The monoisotopic (exact) mass is 635 g/mol. The molecule has 1 aliphatic heterocycles. The molecule has 1 saturated heterocycles. The van der Waals surface area contributed by atoms with Crippen LogP contribution in [0.3, 0.4) is 0 Å². The van der Waals surface area contributed by atoms with Crippen molar-refractivity contribution in [2.24, 2.45) is 7.05 Å². The van der Waals surface area contributed by atoms with Crippen LogP contribution < -0.4 is 20.6 Å². The number of amides is 1. The van der Waals surface area contributed by atoms with E-state index in [4.69, 9.17) is 21.1 Å². The summed E-state index contributed by atoms with van der Waals surface area (Å²) in [6.45, 7) is 9.79. The number of carbonyl (C=O) groups excluding carboxylic acids is 2. The Bertz CT molecular complexity index is 1850. The van der Waals surface area contributed by atoms with E-state index in [-0.39, 0.29) is 16.5 Å². The molecular weight excluding hydrogens is 601 g/mol. The highest BCUT2D eigenvalue weighted by Gasteiger charge is 2.37. The molecule has 1 amide bonds. The number of rotatable bonds is 6. The van der Waals surface area contributed by atoms with Gasteiger partial charge in [0.05, 0.1) is 28.1 Å². The third-order valence-electron chi connectivity index (χ3n) is 7.44. The number of aryl methyl sites for hydroxylation is 1. The fourth-order valence-electron chi connectivity index (χ4n) is 5.37. The van der Waals surface area contributed by atoms with E-state index >= 15 is 4.39 Å². The van der Waals surface area contributed by atoms with Crippen LogP contribution in [-0.2, 0) is 16.6 Å². The van der Waals surface area contributed by atoms with Crippen molar-refractivity contribution < 1.29 is 23.5 Å². The van der Waals surface area contributed by atoms with Crippen molar-refractivity contribution in [2.45, 2.75) is 52.2 Å². The van der Waals surface area contributed by atoms with Gasteiger partial charge in [0.15, 0.2) is 0 Å². The van der Waals surface area contributed by atoms with Gasteiger partial charge in [0.2, 0.25) is 0 Å². The summed E-state index contributed by atoms with van der Waals surface area (Å²) in [7, 11) is 1.63. The van der Waals surface area contributed by atoms with Gasteiger partial charge >= 0.3 is 17.8 Å². The fourth-order valence-corrected chi connectivity index (χ4v) is 5.65. The zero-order valence-electron chi connectivity index (χ0n) is 26.0. The Morgan fingerprint density at radius 2 is 1.78 bits per heavy atom. The molecule has 3 heterocycles. The first-order valence-electron chi connectivity index (χ1n) is 14.4. The maximum absolute atomic E-state index is 15.3. The molecule has 0 bridgehead atoms. The van der Waals surface area contributed by atoms with Crippen molar-refractivity contribution in [3.63, 3.8) is 0 Å². The lowest BCUT2D eigenvalue weighted by Gasteiger charge is -2.29. The lowest BCUT2D eigenvalue weighted by Crippen LogP contribution is -2.49. The Balaban J connectivity index is 1.50. The SMILES string of the molecule is CC(=O)Oc1c(-c2cncc(N3CCC(C)(NC(=O)OC(C)(C)C)C3)c2)cc(F)cc1-c1ccc(-n2ccn(C)c2=O)c(Cl)c1. The third kappa shape index (κ3) is 7.04. The van der Waals surface area contributed by atoms with E-state index in [1.165, 1.54) is 28.2 Å². The van der Waals surface area contributed by atoms with Gasteiger partial charge in [-0.05, 0) is 70.0 Å². The number of hydrogen-bond donors (Lipinski definition) is 1.